The molecule has 2 aromatic rings. The number of fused-ring (bicyclic) bond motifs is 1. The van der Waals surface area contributed by atoms with Crippen LogP contribution in [0.4, 0.5) is 4.79 Å². The van der Waals surface area contributed by atoms with E-state index in [4.69, 9.17) is 14.2 Å². The number of benzene rings is 2. The van der Waals surface area contributed by atoms with Crippen molar-refractivity contribution < 1.29 is 19.0 Å². The Kier molecular flexibility index (Phi) is 6.63. The van der Waals surface area contributed by atoms with Gasteiger partial charge in [-0.15, -0.1) is 0 Å². The molecule has 150 valence electrons. The number of carbonyl (C=O) groups is 1. The van der Waals surface area contributed by atoms with Gasteiger partial charge in [-0.3, -0.25) is 0 Å². The van der Waals surface area contributed by atoms with E-state index in [9.17, 15) is 4.79 Å². The minimum atomic E-state index is -0.0761. The molecule has 28 heavy (non-hydrogen) atoms. The lowest BCUT2D eigenvalue weighted by Gasteiger charge is -2.29. The quantitative estimate of drug-likeness (QED) is 0.743. The Balaban J connectivity index is 1.52. The lowest BCUT2D eigenvalue weighted by molar-refractivity contribution is 0.189. The standard InChI is InChI=1S/C22H28N2O4/c1-4-16-7-5-6-8-19(16)28-12-10-23-22(25)24-11-9-17-13-20(26-2)21(27-3)14-18(17)15-24/h5-8,13-14H,4,9-12,15H2,1-3H3,(H,23,25). The van der Waals surface area contributed by atoms with Crippen LogP contribution in [0.5, 0.6) is 17.2 Å². The second-order valence-corrected chi connectivity index (χ2v) is 6.69. The lowest BCUT2D eigenvalue weighted by atomic mass is 9.99. The normalized spacial score (nSPS) is 12.9. The molecule has 2 amide bonds. The zero-order valence-electron chi connectivity index (χ0n) is 16.8. The number of hydrogen-bond acceptors (Lipinski definition) is 4. The molecular weight excluding hydrogens is 356 g/mol. The second-order valence-electron chi connectivity index (χ2n) is 6.69. The zero-order valence-corrected chi connectivity index (χ0v) is 16.8. The summed E-state index contributed by atoms with van der Waals surface area (Å²) in [6.45, 7) is 4.24. The average Bonchev–Trinajstić information content (AvgIpc) is 2.75. The predicted octanol–water partition coefficient (Wildman–Crippen LogP) is 3.41. The Hall–Kier alpha value is -2.89. The van der Waals surface area contributed by atoms with E-state index in [0.717, 1.165) is 29.9 Å². The summed E-state index contributed by atoms with van der Waals surface area (Å²) < 4.78 is 16.6. The summed E-state index contributed by atoms with van der Waals surface area (Å²) in [5.41, 5.74) is 3.46. The Morgan fingerprint density at radius 2 is 1.79 bits per heavy atom. The zero-order chi connectivity index (χ0) is 19.9. The van der Waals surface area contributed by atoms with Gasteiger partial charge < -0.3 is 24.4 Å². The first-order chi connectivity index (χ1) is 13.7. The van der Waals surface area contributed by atoms with Gasteiger partial charge >= 0.3 is 6.03 Å². The highest BCUT2D eigenvalue weighted by Crippen LogP contribution is 2.33. The average molecular weight is 384 g/mol. The smallest absolute Gasteiger partial charge is 0.317 e. The third kappa shape index (κ3) is 4.50. The van der Waals surface area contributed by atoms with Crippen LogP contribution in [0.25, 0.3) is 0 Å². The van der Waals surface area contributed by atoms with Gasteiger partial charge in [0.1, 0.15) is 12.4 Å². The van der Waals surface area contributed by atoms with Gasteiger partial charge in [0.2, 0.25) is 0 Å². The number of hydrogen-bond donors (Lipinski definition) is 1. The number of methoxy groups -OCH3 is 2. The highest BCUT2D eigenvalue weighted by molar-refractivity contribution is 5.74. The fourth-order valence-electron chi connectivity index (χ4n) is 3.42. The predicted molar refractivity (Wildman–Crippen MR) is 108 cm³/mol. The van der Waals surface area contributed by atoms with Crippen LogP contribution in [0.1, 0.15) is 23.6 Å². The first-order valence-corrected chi connectivity index (χ1v) is 9.63. The van der Waals surface area contributed by atoms with Gasteiger partial charge in [0, 0.05) is 13.1 Å². The summed E-state index contributed by atoms with van der Waals surface area (Å²) in [6.07, 6.45) is 1.72. The Morgan fingerprint density at radius 3 is 2.50 bits per heavy atom. The van der Waals surface area contributed by atoms with Crippen molar-refractivity contribution in [2.45, 2.75) is 26.3 Å². The molecule has 0 aromatic heterocycles. The van der Waals surface area contributed by atoms with Crippen LogP contribution in [0.2, 0.25) is 0 Å². The number of ether oxygens (including phenoxy) is 3. The van der Waals surface area contributed by atoms with Crippen molar-refractivity contribution >= 4 is 6.03 Å². The summed E-state index contributed by atoms with van der Waals surface area (Å²) in [5, 5.41) is 2.95. The van der Waals surface area contributed by atoms with Crippen LogP contribution in [0.15, 0.2) is 36.4 Å². The molecule has 0 saturated heterocycles. The number of nitrogens with zero attached hydrogens (tertiary/aromatic N) is 1. The van der Waals surface area contributed by atoms with Crippen molar-refractivity contribution in [2.75, 3.05) is 33.9 Å². The van der Waals surface area contributed by atoms with Crippen molar-refractivity contribution in [3.63, 3.8) is 0 Å². The van der Waals surface area contributed by atoms with Gasteiger partial charge in [-0.2, -0.15) is 0 Å². The molecule has 0 radical (unpaired) electrons. The van der Waals surface area contributed by atoms with E-state index in [2.05, 4.69) is 18.3 Å². The third-order valence-electron chi connectivity index (χ3n) is 4.99. The molecule has 1 aliphatic rings. The third-order valence-corrected chi connectivity index (χ3v) is 4.99. The lowest BCUT2D eigenvalue weighted by Crippen LogP contribution is -2.43. The molecule has 1 N–H and O–H groups in total. The molecule has 0 spiro atoms. The van der Waals surface area contributed by atoms with Gasteiger partial charge in [-0.1, -0.05) is 25.1 Å². The molecule has 0 atom stereocenters. The maximum Gasteiger partial charge on any atom is 0.317 e. The van der Waals surface area contributed by atoms with Gasteiger partial charge in [0.05, 0.1) is 20.8 Å². The van der Waals surface area contributed by atoms with Gasteiger partial charge in [-0.25, -0.2) is 4.79 Å². The van der Waals surface area contributed by atoms with Crippen molar-refractivity contribution in [3.05, 3.63) is 53.1 Å². The van der Waals surface area contributed by atoms with E-state index in [1.54, 1.807) is 14.2 Å². The van der Waals surface area contributed by atoms with Crippen LogP contribution in [-0.4, -0.2) is 44.8 Å². The summed E-state index contributed by atoms with van der Waals surface area (Å²) in [5.74, 6) is 2.29. The minimum Gasteiger partial charge on any atom is -0.493 e. The summed E-state index contributed by atoms with van der Waals surface area (Å²) in [6, 6.07) is 11.9. The van der Waals surface area contributed by atoms with Gasteiger partial charge in [0.25, 0.3) is 0 Å². The Morgan fingerprint density at radius 1 is 1.07 bits per heavy atom. The van der Waals surface area contributed by atoms with E-state index in [0.29, 0.717) is 32.0 Å². The van der Waals surface area contributed by atoms with Crippen molar-refractivity contribution in [2.24, 2.45) is 0 Å². The van der Waals surface area contributed by atoms with E-state index in [-0.39, 0.29) is 6.03 Å². The first kappa shape index (κ1) is 19.9. The number of carbonyl (C=O) groups excluding carboxylic acids is 1. The molecule has 0 fully saturated rings. The summed E-state index contributed by atoms with van der Waals surface area (Å²) >= 11 is 0. The number of amides is 2. The van der Waals surface area contributed by atoms with Crippen LogP contribution in [0, 0.1) is 0 Å². The van der Waals surface area contributed by atoms with E-state index < -0.39 is 0 Å². The van der Waals surface area contributed by atoms with Crippen LogP contribution in [0.3, 0.4) is 0 Å². The number of aryl methyl sites for hydroxylation is 1. The van der Waals surface area contributed by atoms with Gasteiger partial charge in [-0.05, 0) is 47.7 Å². The Labute approximate surface area is 166 Å². The fraction of sp³-hybridized carbons (Fsp3) is 0.409. The van der Waals surface area contributed by atoms with Crippen LogP contribution < -0.4 is 19.5 Å². The molecule has 6 heteroatoms. The molecule has 0 saturated carbocycles. The Bertz CT molecular complexity index is 822. The molecule has 0 aliphatic carbocycles. The monoisotopic (exact) mass is 384 g/mol. The van der Waals surface area contributed by atoms with Gasteiger partial charge in [0.15, 0.2) is 11.5 Å². The van der Waals surface area contributed by atoms with E-state index in [1.807, 2.05) is 35.2 Å². The number of rotatable bonds is 7. The molecule has 1 aliphatic heterocycles. The molecule has 6 nitrogen and oxygen atoms in total. The van der Waals surface area contributed by atoms with E-state index in [1.165, 1.54) is 11.1 Å². The fourth-order valence-corrected chi connectivity index (χ4v) is 3.42. The molecule has 0 bridgehead atoms. The van der Waals surface area contributed by atoms with Crippen molar-refractivity contribution in [3.8, 4) is 17.2 Å². The molecule has 0 unspecified atom stereocenters. The number of urea groups is 1. The maximum absolute atomic E-state index is 12.5. The largest absolute Gasteiger partial charge is 0.493 e. The van der Waals surface area contributed by atoms with Crippen LogP contribution >= 0.6 is 0 Å². The SMILES string of the molecule is CCc1ccccc1OCCNC(=O)N1CCc2cc(OC)c(OC)cc2C1. The number of para-hydroxylation sites is 1. The van der Waals surface area contributed by atoms with Crippen molar-refractivity contribution in [1.29, 1.82) is 0 Å². The first-order valence-electron chi connectivity index (χ1n) is 9.63. The van der Waals surface area contributed by atoms with Crippen LogP contribution in [-0.2, 0) is 19.4 Å². The minimum absolute atomic E-state index is 0.0761. The molecular formula is C22H28N2O4. The maximum atomic E-state index is 12.5. The molecule has 2 aromatic carbocycles. The topological polar surface area (TPSA) is 60.0 Å². The highest BCUT2D eigenvalue weighted by atomic mass is 16.5. The summed E-state index contributed by atoms with van der Waals surface area (Å²) in [7, 11) is 3.25. The molecule has 1 heterocycles. The van der Waals surface area contributed by atoms with Crippen molar-refractivity contribution in [1.82, 2.24) is 10.2 Å². The molecule has 3 rings (SSSR count). The number of nitrogens with one attached hydrogen (secondary N) is 1. The summed E-state index contributed by atoms with van der Waals surface area (Å²) in [4.78, 5) is 14.3. The van der Waals surface area contributed by atoms with E-state index >= 15 is 0 Å². The second kappa shape index (κ2) is 9.35. The highest BCUT2D eigenvalue weighted by Gasteiger charge is 2.22.